The summed E-state index contributed by atoms with van der Waals surface area (Å²) in [7, 11) is 0. The number of fused-ring (bicyclic) bond motifs is 2. The lowest BCUT2D eigenvalue weighted by molar-refractivity contribution is -0.385. The Morgan fingerprint density at radius 2 is 2.10 bits per heavy atom. The average Bonchev–Trinajstić information content (AvgIpc) is 2.76. The van der Waals surface area contributed by atoms with Crippen LogP contribution >= 0.6 is 11.8 Å². The number of nitrogens with one attached hydrogen (secondary N) is 1. The van der Waals surface area contributed by atoms with E-state index in [0.717, 1.165) is 6.42 Å². The summed E-state index contributed by atoms with van der Waals surface area (Å²) in [5.74, 6) is 0.171. The molecule has 154 valence electrons. The van der Waals surface area contributed by atoms with E-state index in [9.17, 15) is 14.9 Å². The molecule has 10 heteroatoms. The summed E-state index contributed by atoms with van der Waals surface area (Å²) >= 11 is 1.29. The number of amides is 1. The largest absolute Gasteiger partial charge is 0.493 e. The number of nitro groups is 1. The SMILES string of the molecule is CCCOc1ccc([N+](=O)[O-])cc1[C@H]1N=c2ccccc2=C2C(=O)NC(SC)=NN21. The number of hydrogen-bond acceptors (Lipinski definition) is 8. The Labute approximate surface area is 176 Å². The molecule has 4 rings (SSSR count). The molecule has 1 amide bonds. The smallest absolute Gasteiger partial charge is 0.276 e. The third-order valence-electron chi connectivity index (χ3n) is 4.65. The summed E-state index contributed by atoms with van der Waals surface area (Å²) < 4.78 is 5.85. The van der Waals surface area contributed by atoms with E-state index in [0.29, 0.717) is 39.4 Å². The molecule has 2 aromatic rings. The minimum Gasteiger partial charge on any atom is -0.493 e. The third kappa shape index (κ3) is 3.50. The van der Waals surface area contributed by atoms with Crippen LogP contribution in [0.1, 0.15) is 25.1 Å². The fraction of sp³-hybridized carbons (Fsp3) is 0.250. The molecule has 0 aliphatic carbocycles. The Balaban J connectivity index is 1.96. The first kappa shape index (κ1) is 19.9. The van der Waals surface area contributed by atoms with Gasteiger partial charge < -0.3 is 4.74 Å². The number of ether oxygens (including phenoxy) is 1. The number of para-hydroxylation sites is 1. The van der Waals surface area contributed by atoms with Gasteiger partial charge in [0.05, 0.1) is 16.9 Å². The molecule has 1 atom stereocenters. The van der Waals surface area contributed by atoms with Crippen molar-refractivity contribution in [3.63, 3.8) is 0 Å². The second-order valence-corrected chi connectivity index (χ2v) is 7.40. The Kier molecular flexibility index (Phi) is 5.40. The molecule has 2 heterocycles. The fourth-order valence-electron chi connectivity index (χ4n) is 3.32. The van der Waals surface area contributed by atoms with Crippen LogP contribution in [0.25, 0.3) is 5.70 Å². The van der Waals surface area contributed by atoms with Crippen molar-refractivity contribution in [3.05, 3.63) is 68.7 Å². The van der Waals surface area contributed by atoms with E-state index in [1.54, 1.807) is 24.5 Å². The van der Waals surface area contributed by atoms with E-state index in [-0.39, 0.29) is 11.6 Å². The van der Waals surface area contributed by atoms with Gasteiger partial charge in [0.1, 0.15) is 11.4 Å². The summed E-state index contributed by atoms with van der Waals surface area (Å²) in [5, 5.41) is 21.9. The standard InChI is InChI=1S/C20H19N5O4S/c1-3-10-29-16-9-8-12(25(27)28)11-14(16)18-21-15-7-5-4-6-13(15)17-19(26)22-20(30-2)23-24(17)18/h4-9,11,18H,3,10H2,1-2H3,(H,22,23,26)/t18-/m0/s1. The van der Waals surface area contributed by atoms with Gasteiger partial charge in [0.15, 0.2) is 11.3 Å². The van der Waals surface area contributed by atoms with Crippen LogP contribution in [0, 0.1) is 10.1 Å². The first-order chi connectivity index (χ1) is 14.5. The molecule has 0 bridgehead atoms. The molecule has 2 aliphatic rings. The third-order valence-corrected chi connectivity index (χ3v) is 5.22. The Hall–Kier alpha value is -3.40. The second-order valence-electron chi connectivity index (χ2n) is 6.60. The number of thioether (sulfide) groups is 1. The zero-order valence-electron chi connectivity index (χ0n) is 16.4. The number of hydrogen-bond donors (Lipinski definition) is 1. The number of carbonyl (C=O) groups excluding carboxylic acids is 1. The fourth-order valence-corrected chi connectivity index (χ4v) is 3.68. The van der Waals surface area contributed by atoms with Crippen LogP contribution in [0.3, 0.4) is 0 Å². The van der Waals surface area contributed by atoms with Gasteiger partial charge in [-0.1, -0.05) is 36.9 Å². The Morgan fingerprint density at radius 1 is 1.30 bits per heavy atom. The molecule has 9 nitrogen and oxygen atoms in total. The number of rotatable bonds is 5. The minimum absolute atomic E-state index is 0.0833. The number of benzene rings is 2. The van der Waals surface area contributed by atoms with Gasteiger partial charge in [-0.15, -0.1) is 5.10 Å². The topological polar surface area (TPSA) is 109 Å². The molecule has 0 radical (unpaired) electrons. The van der Waals surface area contributed by atoms with Crippen molar-refractivity contribution in [2.45, 2.75) is 19.5 Å². The maximum atomic E-state index is 12.9. The maximum absolute atomic E-state index is 12.9. The van der Waals surface area contributed by atoms with Crippen molar-refractivity contribution in [2.75, 3.05) is 12.9 Å². The second kappa shape index (κ2) is 8.15. The van der Waals surface area contributed by atoms with Crippen molar-refractivity contribution in [3.8, 4) is 5.75 Å². The highest BCUT2D eigenvalue weighted by atomic mass is 32.2. The van der Waals surface area contributed by atoms with Gasteiger partial charge >= 0.3 is 0 Å². The molecule has 0 spiro atoms. The van der Waals surface area contributed by atoms with Crippen LogP contribution in [-0.2, 0) is 4.79 Å². The monoisotopic (exact) mass is 425 g/mol. The van der Waals surface area contributed by atoms with Crippen molar-refractivity contribution in [1.82, 2.24) is 10.3 Å². The highest BCUT2D eigenvalue weighted by Crippen LogP contribution is 2.37. The molecule has 2 aromatic carbocycles. The normalized spacial score (nSPS) is 17.3. The van der Waals surface area contributed by atoms with Crippen LogP contribution in [0.2, 0.25) is 0 Å². The summed E-state index contributed by atoms with van der Waals surface area (Å²) in [6, 6.07) is 11.7. The van der Waals surface area contributed by atoms with Crippen LogP contribution in [-0.4, -0.2) is 33.9 Å². The molecular formula is C20H19N5O4S. The van der Waals surface area contributed by atoms with Gasteiger partial charge in [-0.05, 0) is 24.8 Å². The van der Waals surface area contributed by atoms with Crippen LogP contribution < -0.4 is 20.6 Å². The van der Waals surface area contributed by atoms with Gasteiger partial charge in [-0.3, -0.25) is 25.2 Å². The lowest BCUT2D eigenvalue weighted by atomic mass is 10.1. The predicted octanol–water partition coefficient (Wildman–Crippen LogP) is 1.89. The first-order valence-electron chi connectivity index (χ1n) is 9.35. The molecule has 1 N–H and O–H groups in total. The highest BCUT2D eigenvalue weighted by Gasteiger charge is 2.36. The molecule has 0 unspecified atom stereocenters. The average molecular weight is 425 g/mol. The molecule has 2 aliphatic heterocycles. The highest BCUT2D eigenvalue weighted by molar-refractivity contribution is 8.13. The number of nitro benzene ring substituents is 1. The summed E-state index contributed by atoms with van der Waals surface area (Å²) in [4.78, 5) is 28.6. The van der Waals surface area contributed by atoms with Gasteiger partial charge in [0.2, 0.25) is 0 Å². The number of non-ortho nitro benzene ring substituents is 1. The van der Waals surface area contributed by atoms with Crippen LogP contribution in [0.15, 0.2) is 52.6 Å². The Morgan fingerprint density at radius 3 is 2.83 bits per heavy atom. The molecule has 0 saturated heterocycles. The maximum Gasteiger partial charge on any atom is 0.276 e. The Bertz CT molecular complexity index is 1180. The van der Waals surface area contributed by atoms with Crippen LogP contribution in [0.5, 0.6) is 5.75 Å². The number of hydrazone groups is 1. The van der Waals surface area contributed by atoms with E-state index in [2.05, 4.69) is 10.4 Å². The lowest BCUT2D eigenvalue weighted by Crippen LogP contribution is -2.50. The van der Waals surface area contributed by atoms with Crippen molar-refractivity contribution in [2.24, 2.45) is 10.1 Å². The number of amidine groups is 1. The molecule has 0 aromatic heterocycles. The zero-order valence-corrected chi connectivity index (χ0v) is 17.2. The predicted molar refractivity (Wildman–Crippen MR) is 113 cm³/mol. The molecule has 0 fully saturated rings. The lowest BCUT2D eigenvalue weighted by Gasteiger charge is -2.34. The van der Waals surface area contributed by atoms with Gasteiger partial charge in [-0.2, -0.15) is 0 Å². The van der Waals surface area contributed by atoms with Gasteiger partial charge in [0, 0.05) is 22.9 Å². The van der Waals surface area contributed by atoms with Crippen molar-refractivity contribution < 1.29 is 14.5 Å². The number of carbonyl (C=O) groups is 1. The van der Waals surface area contributed by atoms with E-state index >= 15 is 0 Å². The zero-order chi connectivity index (χ0) is 21.3. The molecular weight excluding hydrogens is 406 g/mol. The van der Waals surface area contributed by atoms with Crippen molar-refractivity contribution >= 4 is 34.2 Å². The number of nitrogens with zero attached hydrogens (tertiary/aromatic N) is 4. The molecule has 0 saturated carbocycles. The van der Waals surface area contributed by atoms with E-state index in [1.807, 2.05) is 19.1 Å². The summed E-state index contributed by atoms with van der Waals surface area (Å²) in [5.41, 5.74) is 0.736. The van der Waals surface area contributed by atoms with E-state index < -0.39 is 11.1 Å². The first-order valence-corrected chi connectivity index (χ1v) is 10.6. The van der Waals surface area contributed by atoms with Crippen molar-refractivity contribution in [1.29, 1.82) is 0 Å². The van der Waals surface area contributed by atoms with Crippen LogP contribution in [0.4, 0.5) is 5.69 Å². The van der Waals surface area contributed by atoms with E-state index in [4.69, 9.17) is 9.73 Å². The summed E-state index contributed by atoms with van der Waals surface area (Å²) in [6.07, 6.45) is 1.80. The molecule has 30 heavy (non-hydrogen) atoms. The quantitative estimate of drug-likeness (QED) is 0.579. The van der Waals surface area contributed by atoms with Gasteiger partial charge in [0.25, 0.3) is 11.6 Å². The summed E-state index contributed by atoms with van der Waals surface area (Å²) in [6.45, 7) is 2.42. The van der Waals surface area contributed by atoms with E-state index in [1.165, 1.54) is 28.9 Å². The minimum atomic E-state index is -0.783. The van der Waals surface area contributed by atoms with Gasteiger partial charge in [-0.25, -0.2) is 5.01 Å².